The summed E-state index contributed by atoms with van der Waals surface area (Å²) in [4.78, 5) is 13.6. The number of carbonyl (C=O) groups excluding carboxylic acids is 1. The van der Waals surface area contributed by atoms with E-state index in [2.05, 4.69) is 0 Å². The molecule has 132 valence electrons. The number of amides is 1. The molecule has 1 saturated heterocycles. The molecule has 1 amide bonds. The van der Waals surface area contributed by atoms with Crippen molar-refractivity contribution in [1.82, 2.24) is 4.90 Å². The lowest BCUT2D eigenvalue weighted by Crippen LogP contribution is -2.44. The third kappa shape index (κ3) is 4.35. The molecule has 0 radical (unpaired) electrons. The number of hydrogen-bond donors (Lipinski definition) is 1. The van der Waals surface area contributed by atoms with Gasteiger partial charge < -0.3 is 10.0 Å². The second-order valence-corrected chi connectivity index (χ2v) is 5.96. The molecule has 1 N–H and O–H groups in total. The van der Waals surface area contributed by atoms with Crippen molar-refractivity contribution < 1.29 is 27.5 Å². The standard InChI is InChI=1S/C17H19F4NO2/c1-11(13-4-2-3-5-14(13)18)10-15(23)22-8-6-12(7-9-22)16(24)17(19,20)21/h2-5,10,12,16,24H,6-9H2,1H3/b11-10-. The fourth-order valence-corrected chi connectivity index (χ4v) is 2.84. The van der Waals surface area contributed by atoms with Gasteiger partial charge in [-0.05, 0) is 37.3 Å². The van der Waals surface area contributed by atoms with E-state index in [9.17, 15) is 27.5 Å². The van der Waals surface area contributed by atoms with E-state index in [1.807, 2.05) is 0 Å². The lowest BCUT2D eigenvalue weighted by Gasteiger charge is -2.34. The van der Waals surface area contributed by atoms with Crippen LogP contribution in [-0.2, 0) is 4.79 Å². The van der Waals surface area contributed by atoms with Crippen LogP contribution in [0.3, 0.4) is 0 Å². The topological polar surface area (TPSA) is 40.5 Å². The van der Waals surface area contributed by atoms with Crippen LogP contribution in [0.5, 0.6) is 0 Å². The fourth-order valence-electron chi connectivity index (χ4n) is 2.84. The summed E-state index contributed by atoms with van der Waals surface area (Å²) in [6, 6.07) is 6.05. The molecule has 1 aromatic rings. The van der Waals surface area contributed by atoms with Gasteiger partial charge in [0.2, 0.25) is 5.91 Å². The highest BCUT2D eigenvalue weighted by molar-refractivity contribution is 5.95. The summed E-state index contributed by atoms with van der Waals surface area (Å²) in [5, 5.41) is 9.28. The van der Waals surface area contributed by atoms with E-state index in [-0.39, 0.29) is 31.8 Å². The van der Waals surface area contributed by atoms with Gasteiger partial charge in [-0.15, -0.1) is 0 Å². The number of aliphatic hydroxyl groups excluding tert-OH is 1. The number of alkyl halides is 3. The molecule has 1 atom stereocenters. The molecule has 7 heteroatoms. The average Bonchev–Trinajstić information content (AvgIpc) is 2.53. The van der Waals surface area contributed by atoms with Gasteiger partial charge in [0.05, 0.1) is 0 Å². The van der Waals surface area contributed by atoms with Gasteiger partial charge in [-0.1, -0.05) is 18.2 Å². The van der Waals surface area contributed by atoms with E-state index in [0.717, 1.165) is 0 Å². The van der Waals surface area contributed by atoms with Crippen LogP contribution in [0.15, 0.2) is 30.3 Å². The highest BCUT2D eigenvalue weighted by Gasteiger charge is 2.44. The number of halogens is 4. The van der Waals surface area contributed by atoms with Gasteiger partial charge in [-0.3, -0.25) is 4.79 Å². The van der Waals surface area contributed by atoms with Crippen molar-refractivity contribution in [2.75, 3.05) is 13.1 Å². The van der Waals surface area contributed by atoms with Crippen molar-refractivity contribution in [3.63, 3.8) is 0 Å². The Kier molecular flexibility index (Phi) is 5.64. The largest absolute Gasteiger partial charge is 0.414 e. The summed E-state index contributed by atoms with van der Waals surface area (Å²) >= 11 is 0. The van der Waals surface area contributed by atoms with Crippen LogP contribution < -0.4 is 0 Å². The van der Waals surface area contributed by atoms with Crippen molar-refractivity contribution in [3.05, 3.63) is 41.7 Å². The number of nitrogens with zero attached hydrogens (tertiary/aromatic N) is 1. The third-order valence-electron chi connectivity index (χ3n) is 4.27. The van der Waals surface area contributed by atoms with Crippen LogP contribution >= 0.6 is 0 Å². The van der Waals surface area contributed by atoms with Crippen molar-refractivity contribution in [1.29, 1.82) is 0 Å². The third-order valence-corrected chi connectivity index (χ3v) is 4.27. The minimum atomic E-state index is -4.64. The lowest BCUT2D eigenvalue weighted by molar-refractivity contribution is -0.222. The van der Waals surface area contributed by atoms with Crippen molar-refractivity contribution in [2.45, 2.75) is 32.0 Å². The van der Waals surface area contributed by atoms with E-state index < -0.39 is 24.0 Å². The Morgan fingerprint density at radius 1 is 1.29 bits per heavy atom. The first-order chi connectivity index (χ1) is 11.2. The predicted molar refractivity (Wildman–Crippen MR) is 81.4 cm³/mol. The van der Waals surface area contributed by atoms with Crippen LogP contribution in [0.1, 0.15) is 25.3 Å². The van der Waals surface area contributed by atoms with Gasteiger partial charge in [0.25, 0.3) is 0 Å². The highest BCUT2D eigenvalue weighted by Crippen LogP contribution is 2.31. The van der Waals surface area contributed by atoms with Gasteiger partial charge in [0.15, 0.2) is 6.10 Å². The number of allylic oxidation sites excluding steroid dienone is 1. The maximum atomic E-state index is 13.7. The molecular weight excluding hydrogens is 326 g/mol. The lowest BCUT2D eigenvalue weighted by atomic mass is 9.91. The van der Waals surface area contributed by atoms with E-state index in [1.54, 1.807) is 25.1 Å². The normalized spacial score (nSPS) is 18.6. The molecule has 0 bridgehead atoms. The van der Waals surface area contributed by atoms with E-state index in [1.165, 1.54) is 17.0 Å². The molecule has 0 saturated carbocycles. The molecule has 2 rings (SSSR count). The van der Waals surface area contributed by atoms with Gasteiger partial charge in [-0.25, -0.2) is 4.39 Å². The van der Waals surface area contributed by atoms with Crippen molar-refractivity contribution >= 4 is 11.5 Å². The van der Waals surface area contributed by atoms with Gasteiger partial charge in [-0.2, -0.15) is 13.2 Å². The Morgan fingerprint density at radius 2 is 1.88 bits per heavy atom. The molecule has 0 aliphatic carbocycles. The number of carbonyl (C=O) groups is 1. The van der Waals surface area contributed by atoms with Crippen LogP contribution in [0.25, 0.3) is 5.57 Å². The van der Waals surface area contributed by atoms with Crippen LogP contribution in [-0.4, -0.2) is 41.3 Å². The number of aliphatic hydroxyl groups is 1. The molecule has 0 aromatic heterocycles. The van der Waals surface area contributed by atoms with E-state index in [4.69, 9.17) is 0 Å². The predicted octanol–water partition coefficient (Wildman–Crippen LogP) is 3.39. The molecule has 1 unspecified atom stereocenters. The van der Waals surface area contributed by atoms with Crippen molar-refractivity contribution in [2.24, 2.45) is 5.92 Å². The molecule has 1 aromatic carbocycles. The summed E-state index contributed by atoms with van der Waals surface area (Å²) in [6.07, 6.45) is -5.54. The molecule has 1 heterocycles. The SMILES string of the molecule is C/C(=C/C(=O)N1CCC(C(O)C(F)(F)F)CC1)c1ccccc1F. The summed E-state index contributed by atoms with van der Waals surface area (Å²) in [7, 11) is 0. The minimum absolute atomic E-state index is 0.0823. The Bertz CT molecular complexity index is 619. The van der Waals surface area contributed by atoms with Crippen LogP contribution in [0.4, 0.5) is 17.6 Å². The number of benzene rings is 1. The zero-order chi connectivity index (χ0) is 17.9. The maximum absolute atomic E-state index is 13.7. The van der Waals surface area contributed by atoms with Crippen molar-refractivity contribution in [3.8, 4) is 0 Å². The quantitative estimate of drug-likeness (QED) is 0.674. The second-order valence-electron chi connectivity index (χ2n) is 5.96. The number of piperidine rings is 1. The monoisotopic (exact) mass is 345 g/mol. The Labute approximate surface area is 137 Å². The first-order valence-electron chi connectivity index (χ1n) is 7.67. The number of likely N-dealkylation sites (tertiary alicyclic amines) is 1. The molecule has 1 fully saturated rings. The summed E-state index contributed by atoms with van der Waals surface area (Å²) in [5.41, 5.74) is 0.767. The van der Waals surface area contributed by atoms with Crippen LogP contribution in [0, 0.1) is 11.7 Å². The zero-order valence-corrected chi connectivity index (χ0v) is 13.2. The highest BCUT2D eigenvalue weighted by atomic mass is 19.4. The second kappa shape index (κ2) is 7.34. The molecule has 0 spiro atoms. The first-order valence-corrected chi connectivity index (χ1v) is 7.67. The van der Waals surface area contributed by atoms with Gasteiger partial charge >= 0.3 is 6.18 Å². The zero-order valence-electron chi connectivity index (χ0n) is 13.2. The maximum Gasteiger partial charge on any atom is 0.414 e. The smallest absolute Gasteiger partial charge is 0.383 e. The minimum Gasteiger partial charge on any atom is -0.383 e. The summed E-state index contributed by atoms with van der Waals surface area (Å²) < 4.78 is 51.2. The Hall–Kier alpha value is -1.89. The van der Waals surface area contributed by atoms with Crippen LogP contribution in [0.2, 0.25) is 0 Å². The summed E-state index contributed by atoms with van der Waals surface area (Å²) in [5.74, 6) is -1.70. The molecule has 1 aliphatic heterocycles. The molecular formula is C17H19F4NO2. The average molecular weight is 345 g/mol. The molecule has 1 aliphatic rings. The molecule has 3 nitrogen and oxygen atoms in total. The summed E-state index contributed by atoms with van der Waals surface area (Å²) in [6.45, 7) is 1.88. The first kappa shape index (κ1) is 18.4. The fraction of sp³-hybridized carbons (Fsp3) is 0.471. The Balaban J connectivity index is 1.98. The molecule has 24 heavy (non-hydrogen) atoms. The number of rotatable bonds is 3. The van der Waals surface area contributed by atoms with Gasteiger partial charge in [0.1, 0.15) is 5.82 Å². The van der Waals surface area contributed by atoms with Gasteiger partial charge in [0, 0.05) is 24.7 Å². The Morgan fingerprint density at radius 3 is 2.42 bits per heavy atom. The number of hydrogen-bond acceptors (Lipinski definition) is 2. The van der Waals surface area contributed by atoms with E-state index in [0.29, 0.717) is 11.1 Å². The van der Waals surface area contributed by atoms with E-state index >= 15 is 0 Å².